The molecule has 1 saturated heterocycles. The minimum Gasteiger partial charge on any atom is -0.358 e. The van der Waals surface area contributed by atoms with Gasteiger partial charge in [0, 0.05) is 62.6 Å². The number of fused-ring (bicyclic) bond motifs is 8. The minimum atomic E-state index is -1.18. The molecule has 7 heterocycles. The zero-order chi connectivity index (χ0) is 44.9. The Morgan fingerprint density at radius 2 is 1.09 bits per heavy atom. The molecule has 4 aromatic carbocycles. The van der Waals surface area contributed by atoms with E-state index in [9.17, 15) is 19.7 Å². The summed E-state index contributed by atoms with van der Waals surface area (Å²) in [4.78, 5) is 57.1. The molecule has 0 amide bonds. The third-order valence-electron chi connectivity index (χ3n) is 12.2. The predicted octanol–water partition coefficient (Wildman–Crippen LogP) is 11.1. The zero-order valence-corrected chi connectivity index (χ0v) is 35.1. The maximum Gasteiger partial charge on any atom is 0.333 e. The van der Waals surface area contributed by atoms with E-state index >= 15 is 4.39 Å². The summed E-state index contributed by atoms with van der Waals surface area (Å²) in [7, 11) is 0. The summed E-state index contributed by atoms with van der Waals surface area (Å²) in [5, 5.41) is 13.0. The first-order chi connectivity index (χ1) is 32.3. The number of ether oxygens (including phenoxy) is 1. The van der Waals surface area contributed by atoms with Gasteiger partial charge in [-0.25, -0.2) is 14.8 Å². The molecule has 2 N–H and O–H groups in total. The smallest absolute Gasteiger partial charge is 0.333 e. The van der Waals surface area contributed by atoms with Crippen molar-refractivity contribution in [1.82, 2.24) is 29.1 Å². The number of nitrogens with zero attached hydrogens (tertiary/aromatic N) is 5. The fourth-order valence-electron chi connectivity index (χ4n) is 9.14. The maximum absolute atomic E-state index is 15.1. The van der Waals surface area contributed by atoms with E-state index in [1.165, 1.54) is 12.1 Å². The van der Waals surface area contributed by atoms with Gasteiger partial charge in [-0.3, -0.25) is 24.0 Å². The van der Waals surface area contributed by atoms with Crippen molar-refractivity contribution in [3.63, 3.8) is 0 Å². The molecule has 3 aliphatic heterocycles. The first kappa shape index (κ1) is 40.2. The number of nitrogens with one attached hydrogen (secondary N) is 2. The van der Waals surface area contributed by atoms with Crippen molar-refractivity contribution in [3.8, 4) is 44.5 Å². The van der Waals surface area contributed by atoms with Crippen LogP contribution in [0.3, 0.4) is 0 Å². The van der Waals surface area contributed by atoms with Crippen LogP contribution in [0.25, 0.3) is 90.9 Å². The summed E-state index contributed by atoms with van der Waals surface area (Å²) >= 11 is 0. The van der Waals surface area contributed by atoms with Gasteiger partial charge in [-0.05, 0) is 89.7 Å². The molecule has 1 unspecified atom stereocenters. The Bertz CT molecular complexity index is 3570. The standard InChI is InChI=1S/C53H38FN7O5/c54-37-31-59(47-17-10-28-66-47)53(63)60(52(37)62)30-36-19-18-35(29-46(36)61(64)65)51-44-26-24-42(57-44)49(33-13-6-2-7-14-33)40-22-20-38(55-40)48(32-11-4-1-5-12-32)39-21-23-41(56-39)50(34-15-8-3-9-16-34)43-25-27-45(51)58-43/h1-9,11-16,18-27,29,31,47,55,58H,10,17,28,30H2. The van der Waals surface area contributed by atoms with Gasteiger partial charge in [-0.2, -0.15) is 4.39 Å². The molecule has 13 heteroatoms. The van der Waals surface area contributed by atoms with E-state index in [1.54, 1.807) is 6.07 Å². The molecule has 66 heavy (non-hydrogen) atoms. The highest BCUT2D eigenvalue weighted by molar-refractivity contribution is 6.00. The Balaban J connectivity index is 1.19. The van der Waals surface area contributed by atoms with Crippen molar-refractivity contribution in [1.29, 1.82) is 0 Å². The Morgan fingerprint density at radius 1 is 0.636 bits per heavy atom. The van der Waals surface area contributed by atoms with Crippen LogP contribution in [0.5, 0.6) is 0 Å². The average molecular weight is 872 g/mol. The lowest BCUT2D eigenvalue weighted by molar-refractivity contribution is -0.385. The Kier molecular flexibility index (Phi) is 10.1. The van der Waals surface area contributed by atoms with Crippen LogP contribution in [0.4, 0.5) is 10.1 Å². The second-order valence-corrected chi connectivity index (χ2v) is 16.2. The highest BCUT2D eigenvalue weighted by Crippen LogP contribution is 2.39. The fourth-order valence-corrected chi connectivity index (χ4v) is 9.14. The van der Waals surface area contributed by atoms with E-state index in [4.69, 9.17) is 14.7 Å². The number of hydrogen-bond donors (Lipinski definition) is 2. The van der Waals surface area contributed by atoms with Crippen LogP contribution >= 0.6 is 0 Å². The SMILES string of the molecule is O=c1c(F)cn(C2CCCO2)c(=O)n1Cc1ccc(-c2c3nc(c(-c4ccccc4)c4ccc([nH]4)c(-c4ccccc4)c4nc(c(-c5ccccc5)c5ccc2[nH]5)C=C4)C=C3)cc1[N+](=O)[O-]. The monoisotopic (exact) mass is 871 g/mol. The summed E-state index contributed by atoms with van der Waals surface area (Å²) in [6.07, 6.45) is 9.10. The summed E-state index contributed by atoms with van der Waals surface area (Å²) in [6.45, 7) is -0.157. The van der Waals surface area contributed by atoms with Crippen LogP contribution in [-0.4, -0.2) is 40.6 Å². The number of nitro groups is 1. The van der Waals surface area contributed by atoms with E-state index in [2.05, 4.69) is 28.2 Å². The topological polar surface area (TPSA) is 154 Å². The summed E-state index contributed by atoms with van der Waals surface area (Å²) in [5.41, 5.74) is 9.84. The Hall–Kier alpha value is -8.55. The van der Waals surface area contributed by atoms with Gasteiger partial charge in [0.15, 0.2) is 0 Å². The third-order valence-corrected chi connectivity index (χ3v) is 12.2. The molecule has 11 rings (SSSR count). The first-order valence-corrected chi connectivity index (χ1v) is 21.5. The quantitative estimate of drug-likeness (QED) is 0.114. The van der Waals surface area contributed by atoms with Gasteiger partial charge in [0.05, 0.1) is 40.4 Å². The molecular weight excluding hydrogens is 834 g/mol. The highest BCUT2D eigenvalue weighted by atomic mass is 19.1. The van der Waals surface area contributed by atoms with E-state index < -0.39 is 34.8 Å². The number of nitro benzene ring substituents is 1. The fraction of sp³-hybridized carbons (Fsp3) is 0.0943. The van der Waals surface area contributed by atoms with Gasteiger partial charge in [-0.15, -0.1) is 0 Å². The highest BCUT2D eigenvalue weighted by Gasteiger charge is 2.26. The number of aromatic nitrogens is 6. The Morgan fingerprint density at radius 3 is 1.52 bits per heavy atom. The number of halogens is 1. The van der Waals surface area contributed by atoms with Gasteiger partial charge in [0.1, 0.15) is 6.23 Å². The van der Waals surface area contributed by atoms with Crippen LogP contribution in [0, 0.1) is 15.9 Å². The summed E-state index contributed by atoms with van der Waals surface area (Å²) in [5.74, 6) is -1.16. The lowest BCUT2D eigenvalue weighted by Gasteiger charge is -2.16. The molecule has 0 radical (unpaired) electrons. The molecule has 322 valence electrons. The molecule has 12 nitrogen and oxygen atoms in total. The average Bonchev–Trinajstić information content (AvgIpc) is 4.22. The van der Waals surface area contributed by atoms with Crippen molar-refractivity contribution in [2.45, 2.75) is 25.6 Å². The van der Waals surface area contributed by atoms with Gasteiger partial charge in [0.25, 0.3) is 11.2 Å². The third kappa shape index (κ3) is 7.17. The molecule has 1 fully saturated rings. The lowest BCUT2D eigenvalue weighted by atomic mass is 10.0. The molecule has 0 saturated carbocycles. The zero-order valence-electron chi connectivity index (χ0n) is 35.1. The van der Waals surface area contributed by atoms with Gasteiger partial charge in [-0.1, -0.05) is 97.1 Å². The second-order valence-electron chi connectivity index (χ2n) is 16.2. The largest absolute Gasteiger partial charge is 0.358 e. The molecular formula is C53H38FN7O5. The molecule has 8 bridgehead atoms. The molecule has 1 atom stereocenters. The minimum absolute atomic E-state index is 0.0382. The summed E-state index contributed by atoms with van der Waals surface area (Å²) < 4.78 is 22.4. The first-order valence-electron chi connectivity index (χ1n) is 21.5. The second kappa shape index (κ2) is 16.5. The normalized spacial score (nSPS) is 14.2. The molecule has 0 spiro atoms. The van der Waals surface area contributed by atoms with Gasteiger partial charge < -0.3 is 14.7 Å². The van der Waals surface area contributed by atoms with Crippen LogP contribution in [0.15, 0.2) is 149 Å². The van der Waals surface area contributed by atoms with Crippen molar-refractivity contribution in [3.05, 3.63) is 205 Å². The molecule has 8 aromatic rings. The van der Waals surface area contributed by atoms with E-state index in [0.29, 0.717) is 52.0 Å². The van der Waals surface area contributed by atoms with Gasteiger partial charge in [0.2, 0.25) is 5.82 Å². The van der Waals surface area contributed by atoms with Gasteiger partial charge >= 0.3 is 5.69 Å². The van der Waals surface area contributed by atoms with Crippen LogP contribution in [0.1, 0.15) is 47.4 Å². The van der Waals surface area contributed by atoms with Crippen LogP contribution in [-0.2, 0) is 11.3 Å². The molecule has 3 aliphatic rings. The summed E-state index contributed by atoms with van der Waals surface area (Å²) in [6, 6.07) is 42.7. The number of aromatic amines is 2. The lowest BCUT2D eigenvalue weighted by Crippen LogP contribution is -2.42. The number of hydrogen-bond acceptors (Lipinski definition) is 7. The van der Waals surface area contributed by atoms with Crippen molar-refractivity contribution in [2.24, 2.45) is 0 Å². The maximum atomic E-state index is 15.1. The van der Waals surface area contributed by atoms with Crippen LogP contribution < -0.4 is 11.2 Å². The van der Waals surface area contributed by atoms with E-state index in [0.717, 1.165) is 72.1 Å². The van der Waals surface area contributed by atoms with E-state index in [1.807, 2.05) is 121 Å². The predicted molar refractivity (Wildman–Crippen MR) is 256 cm³/mol. The van der Waals surface area contributed by atoms with Crippen molar-refractivity contribution >= 4 is 52.1 Å². The molecule has 4 aromatic heterocycles. The number of H-pyrrole nitrogens is 2. The number of rotatable bonds is 8. The van der Waals surface area contributed by atoms with Crippen molar-refractivity contribution in [2.75, 3.05) is 6.61 Å². The van der Waals surface area contributed by atoms with Crippen molar-refractivity contribution < 1.29 is 14.1 Å². The van der Waals surface area contributed by atoms with E-state index in [-0.39, 0.29) is 11.3 Å². The van der Waals surface area contributed by atoms with Crippen LogP contribution in [0.2, 0.25) is 0 Å². The molecule has 0 aliphatic carbocycles. The number of benzene rings is 4. The Labute approximate surface area is 375 Å².